The Labute approximate surface area is 172 Å². The van der Waals surface area contributed by atoms with Crippen LogP contribution in [0.3, 0.4) is 0 Å². The zero-order chi connectivity index (χ0) is 21.1. The summed E-state index contributed by atoms with van der Waals surface area (Å²) in [6.45, 7) is 4.25. The molecular formula is C20H25N3O4S2. The molecule has 1 aliphatic rings. The van der Waals surface area contributed by atoms with E-state index in [2.05, 4.69) is 14.4 Å². The standard InChI is InChI=1S/C20H25N3O4S2/c1-15-7-12-19(16(2)14-15)29(26,27)22-17-8-10-18(11-9-17)28(24,25)23-20-6-4-3-5-13-21-20/h7-12,14,22H,3-6,13H2,1-2H3,(H,21,23). The topological polar surface area (TPSA) is 105 Å². The highest BCUT2D eigenvalue weighted by Crippen LogP contribution is 2.22. The molecule has 0 saturated carbocycles. The molecule has 29 heavy (non-hydrogen) atoms. The van der Waals surface area contributed by atoms with Gasteiger partial charge in [0.15, 0.2) is 0 Å². The molecule has 1 heterocycles. The zero-order valence-electron chi connectivity index (χ0n) is 16.5. The second kappa shape index (κ2) is 8.54. The van der Waals surface area contributed by atoms with Crippen LogP contribution in [0, 0.1) is 13.8 Å². The van der Waals surface area contributed by atoms with Crippen LogP contribution in [0.1, 0.15) is 36.8 Å². The van der Waals surface area contributed by atoms with E-state index in [-0.39, 0.29) is 15.5 Å². The molecule has 0 bridgehead atoms. The molecule has 1 aliphatic heterocycles. The molecule has 0 saturated heterocycles. The number of rotatable bonds is 5. The van der Waals surface area contributed by atoms with E-state index in [1.54, 1.807) is 25.1 Å². The Morgan fingerprint density at radius 1 is 0.828 bits per heavy atom. The lowest BCUT2D eigenvalue weighted by Gasteiger charge is -2.12. The predicted molar refractivity (Wildman–Crippen MR) is 114 cm³/mol. The van der Waals surface area contributed by atoms with Crippen molar-refractivity contribution in [3.8, 4) is 0 Å². The van der Waals surface area contributed by atoms with Crippen LogP contribution in [0.4, 0.5) is 5.69 Å². The van der Waals surface area contributed by atoms with Gasteiger partial charge in [-0.05, 0) is 62.6 Å². The fraction of sp³-hybridized carbons (Fsp3) is 0.350. The third-order valence-electron chi connectivity index (χ3n) is 4.66. The first kappa shape index (κ1) is 21.3. The van der Waals surface area contributed by atoms with E-state index >= 15 is 0 Å². The van der Waals surface area contributed by atoms with Gasteiger partial charge >= 0.3 is 0 Å². The highest BCUT2D eigenvalue weighted by Gasteiger charge is 2.19. The first-order chi connectivity index (χ1) is 13.7. The van der Waals surface area contributed by atoms with E-state index < -0.39 is 20.0 Å². The largest absolute Gasteiger partial charge is 0.280 e. The maximum Gasteiger partial charge on any atom is 0.262 e. The monoisotopic (exact) mass is 435 g/mol. The van der Waals surface area contributed by atoms with Crippen molar-refractivity contribution in [2.24, 2.45) is 4.99 Å². The molecule has 0 spiro atoms. The molecule has 0 fully saturated rings. The second-order valence-corrected chi connectivity index (χ2v) is 10.5. The van der Waals surface area contributed by atoms with Gasteiger partial charge in [0.05, 0.1) is 9.79 Å². The smallest absolute Gasteiger partial charge is 0.262 e. The minimum absolute atomic E-state index is 0.0545. The van der Waals surface area contributed by atoms with Crippen LogP contribution in [0.15, 0.2) is 57.2 Å². The van der Waals surface area contributed by atoms with Crippen molar-refractivity contribution in [3.05, 3.63) is 53.6 Å². The molecule has 0 radical (unpaired) electrons. The summed E-state index contributed by atoms with van der Waals surface area (Å²) >= 11 is 0. The number of nitrogens with zero attached hydrogens (tertiary/aromatic N) is 1. The molecule has 2 aromatic carbocycles. The van der Waals surface area contributed by atoms with Crippen molar-refractivity contribution in [1.29, 1.82) is 0 Å². The van der Waals surface area contributed by atoms with Crippen molar-refractivity contribution in [2.45, 2.75) is 49.3 Å². The summed E-state index contributed by atoms with van der Waals surface area (Å²) in [7, 11) is -7.53. The molecule has 3 rings (SSSR count). The molecule has 9 heteroatoms. The summed E-state index contributed by atoms with van der Waals surface area (Å²) in [6.07, 6.45) is 3.50. The van der Waals surface area contributed by atoms with Gasteiger partial charge in [0.2, 0.25) is 0 Å². The number of aryl methyl sites for hydroxylation is 2. The number of nitrogens with one attached hydrogen (secondary N) is 2. The van der Waals surface area contributed by atoms with E-state index in [1.807, 2.05) is 6.92 Å². The summed E-state index contributed by atoms with van der Waals surface area (Å²) in [5.41, 5.74) is 1.91. The molecule has 2 aromatic rings. The van der Waals surface area contributed by atoms with Gasteiger partial charge in [-0.3, -0.25) is 14.4 Å². The quantitative estimate of drug-likeness (QED) is 0.751. The number of sulfonamides is 2. The van der Waals surface area contributed by atoms with Crippen LogP contribution in [0.5, 0.6) is 0 Å². The molecule has 156 valence electrons. The van der Waals surface area contributed by atoms with Gasteiger partial charge in [-0.25, -0.2) is 16.8 Å². The van der Waals surface area contributed by atoms with Crippen LogP contribution < -0.4 is 9.44 Å². The van der Waals surface area contributed by atoms with E-state index in [4.69, 9.17) is 0 Å². The number of hydrogen-bond donors (Lipinski definition) is 2. The van der Waals surface area contributed by atoms with Gasteiger partial charge < -0.3 is 0 Å². The SMILES string of the molecule is Cc1ccc(S(=O)(=O)Nc2ccc(S(=O)(=O)NC3=NCCCCC3)cc2)c(C)c1. The first-order valence-corrected chi connectivity index (χ1v) is 12.4. The molecule has 7 nitrogen and oxygen atoms in total. The van der Waals surface area contributed by atoms with E-state index in [9.17, 15) is 16.8 Å². The molecule has 0 amide bonds. The minimum Gasteiger partial charge on any atom is -0.280 e. The fourth-order valence-corrected chi connectivity index (χ4v) is 5.56. The lowest BCUT2D eigenvalue weighted by molar-refractivity contribution is 0.591. The predicted octanol–water partition coefficient (Wildman–Crippen LogP) is 3.36. The van der Waals surface area contributed by atoms with Crippen molar-refractivity contribution < 1.29 is 16.8 Å². The second-order valence-electron chi connectivity index (χ2n) is 7.14. The van der Waals surface area contributed by atoms with Crippen LogP contribution in [0.25, 0.3) is 0 Å². The van der Waals surface area contributed by atoms with Crippen molar-refractivity contribution in [1.82, 2.24) is 4.72 Å². The molecular weight excluding hydrogens is 410 g/mol. The third kappa shape index (κ3) is 5.36. The van der Waals surface area contributed by atoms with E-state index in [0.29, 0.717) is 24.4 Å². The molecule has 2 N–H and O–H groups in total. The Hall–Kier alpha value is -2.39. The third-order valence-corrected chi connectivity index (χ3v) is 7.60. The highest BCUT2D eigenvalue weighted by atomic mass is 32.2. The van der Waals surface area contributed by atoms with E-state index in [1.165, 1.54) is 24.3 Å². The summed E-state index contributed by atoms with van der Waals surface area (Å²) in [5.74, 6) is 0.474. The Bertz CT molecular complexity index is 1120. The first-order valence-electron chi connectivity index (χ1n) is 9.44. The maximum atomic E-state index is 12.7. The molecule has 0 unspecified atom stereocenters. The Kier molecular flexibility index (Phi) is 6.28. The van der Waals surface area contributed by atoms with Crippen LogP contribution in [-0.4, -0.2) is 29.2 Å². The Morgan fingerprint density at radius 3 is 2.24 bits per heavy atom. The molecule has 0 aromatic heterocycles. The number of hydrogen-bond acceptors (Lipinski definition) is 5. The lowest BCUT2D eigenvalue weighted by Crippen LogP contribution is -2.30. The average Bonchev–Trinajstić information content (AvgIpc) is 2.89. The van der Waals surface area contributed by atoms with Gasteiger partial charge in [-0.2, -0.15) is 0 Å². The number of aliphatic imine (C=N–C) groups is 1. The molecule has 0 atom stereocenters. The van der Waals surface area contributed by atoms with Gasteiger partial charge in [0, 0.05) is 18.7 Å². The van der Waals surface area contributed by atoms with Crippen molar-refractivity contribution in [2.75, 3.05) is 11.3 Å². The van der Waals surface area contributed by atoms with Gasteiger partial charge in [0.25, 0.3) is 20.0 Å². The van der Waals surface area contributed by atoms with Gasteiger partial charge in [-0.15, -0.1) is 0 Å². The van der Waals surface area contributed by atoms with Crippen LogP contribution in [0.2, 0.25) is 0 Å². The van der Waals surface area contributed by atoms with Crippen LogP contribution in [-0.2, 0) is 20.0 Å². The number of amidine groups is 1. The van der Waals surface area contributed by atoms with Crippen molar-refractivity contribution >= 4 is 31.6 Å². The fourth-order valence-electron chi connectivity index (χ4n) is 3.18. The zero-order valence-corrected chi connectivity index (χ0v) is 18.1. The average molecular weight is 436 g/mol. The number of benzene rings is 2. The summed E-state index contributed by atoms with van der Waals surface area (Å²) < 4.78 is 55.5. The normalized spacial score (nSPS) is 15.3. The lowest BCUT2D eigenvalue weighted by atomic mass is 10.2. The Balaban J connectivity index is 1.76. The summed E-state index contributed by atoms with van der Waals surface area (Å²) in [4.78, 5) is 4.52. The molecule has 0 aliphatic carbocycles. The minimum atomic E-state index is -3.77. The summed E-state index contributed by atoms with van der Waals surface area (Å²) in [5, 5.41) is 0. The van der Waals surface area contributed by atoms with Crippen molar-refractivity contribution in [3.63, 3.8) is 0 Å². The van der Waals surface area contributed by atoms with Crippen LogP contribution >= 0.6 is 0 Å². The highest BCUT2D eigenvalue weighted by molar-refractivity contribution is 7.92. The number of anilines is 1. The van der Waals surface area contributed by atoms with Gasteiger partial charge in [-0.1, -0.05) is 24.1 Å². The van der Waals surface area contributed by atoms with Gasteiger partial charge in [0.1, 0.15) is 5.84 Å². The summed E-state index contributed by atoms with van der Waals surface area (Å²) in [6, 6.07) is 10.7. The Morgan fingerprint density at radius 2 is 1.55 bits per heavy atom. The maximum absolute atomic E-state index is 12.7. The van der Waals surface area contributed by atoms with E-state index in [0.717, 1.165) is 24.8 Å².